The molecule has 0 saturated heterocycles. The molecule has 3 heteroatoms. The van der Waals surface area contributed by atoms with E-state index >= 15 is 0 Å². The fraction of sp³-hybridized carbons (Fsp3) is 0.0833. The van der Waals surface area contributed by atoms with E-state index < -0.39 is 0 Å². The monoisotopic (exact) mass is 197 g/mol. The minimum Gasteiger partial charge on any atom is -0.399 e. The van der Waals surface area contributed by atoms with Crippen LogP contribution in [0.4, 0.5) is 5.69 Å². The number of anilines is 1. The standard InChI is InChI=1S/C12H11N3/c1-15-9-11(8-14-15)6-5-10-3-2-4-12(13)7-10/h2-4,7-9H,13H2,1H3. The molecule has 2 rings (SSSR count). The van der Waals surface area contributed by atoms with Crippen molar-refractivity contribution in [2.45, 2.75) is 0 Å². The number of aromatic nitrogens is 2. The number of rotatable bonds is 0. The summed E-state index contributed by atoms with van der Waals surface area (Å²) >= 11 is 0. The maximum Gasteiger partial charge on any atom is 0.0646 e. The van der Waals surface area contributed by atoms with Gasteiger partial charge in [-0.3, -0.25) is 4.68 Å². The summed E-state index contributed by atoms with van der Waals surface area (Å²) in [5.74, 6) is 6.05. The van der Waals surface area contributed by atoms with Gasteiger partial charge in [0.15, 0.2) is 0 Å². The first-order valence-electron chi connectivity index (χ1n) is 4.60. The van der Waals surface area contributed by atoms with Crippen LogP contribution in [-0.4, -0.2) is 9.78 Å². The highest BCUT2D eigenvalue weighted by molar-refractivity contribution is 5.49. The molecular weight excluding hydrogens is 186 g/mol. The van der Waals surface area contributed by atoms with Gasteiger partial charge >= 0.3 is 0 Å². The maximum absolute atomic E-state index is 5.65. The van der Waals surface area contributed by atoms with Crippen LogP contribution in [-0.2, 0) is 7.05 Å². The summed E-state index contributed by atoms with van der Waals surface area (Å²) in [7, 11) is 1.87. The quantitative estimate of drug-likeness (QED) is 0.512. The topological polar surface area (TPSA) is 43.8 Å². The van der Waals surface area contributed by atoms with Gasteiger partial charge in [-0.05, 0) is 18.2 Å². The molecule has 0 amide bonds. The molecule has 0 radical (unpaired) electrons. The van der Waals surface area contributed by atoms with Crippen molar-refractivity contribution < 1.29 is 0 Å². The van der Waals surface area contributed by atoms with Crippen LogP contribution in [0.1, 0.15) is 11.1 Å². The molecular formula is C12H11N3. The normalized spacial score (nSPS) is 9.40. The third kappa shape index (κ3) is 2.38. The van der Waals surface area contributed by atoms with E-state index in [1.165, 1.54) is 0 Å². The molecule has 0 fully saturated rings. The fourth-order valence-corrected chi connectivity index (χ4v) is 1.25. The van der Waals surface area contributed by atoms with Crippen LogP contribution in [0, 0.1) is 11.8 Å². The summed E-state index contributed by atoms with van der Waals surface area (Å²) in [5, 5.41) is 4.04. The summed E-state index contributed by atoms with van der Waals surface area (Å²) in [4.78, 5) is 0. The zero-order valence-corrected chi connectivity index (χ0v) is 8.44. The van der Waals surface area contributed by atoms with Crippen molar-refractivity contribution in [1.29, 1.82) is 0 Å². The minimum absolute atomic E-state index is 0.730. The molecule has 0 saturated carbocycles. The van der Waals surface area contributed by atoms with Crippen molar-refractivity contribution >= 4 is 5.69 Å². The van der Waals surface area contributed by atoms with E-state index in [1.807, 2.05) is 37.5 Å². The molecule has 0 spiro atoms. The van der Waals surface area contributed by atoms with Crippen molar-refractivity contribution in [3.05, 3.63) is 47.8 Å². The molecule has 0 aliphatic carbocycles. The zero-order valence-electron chi connectivity index (χ0n) is 8.44. The second-order valence-corrected chi connectivity index (χ2v) is 3.28. The summed E-state index contributed by atoms with van der Waals surface area (Å²) < 4.78 is 1.73. The van der Waals surface area contributed by atoms with Gasteiger partial charge in [-0.25, -0.2) is 0 Å². The Balaban J connectivity index is 2.25. The van der Waals surface area contributed by atoms with Crippen molar-refractivity contribution in [1.82, 2.24) is 9.78 Å². The molecule has 2 aromatic rings. The summed E-state index contributed by atoms with van der Waals surface area (Å²) in [6.45, 7) is 0. The first-order valence-corrected chi connectivity index (χ1v) is 4.60. The van der Waals surface area contributed by atoms with Crippen LogP contribution in [0.3, 0.4) is 0 Å². The van der Waals surface area contributed by atoms with Gasteiger partial charge in [-0.15, -0.1) is 0 Å². The Hall–Kier alpha value is -2.21. The average molecular weight is 197 g/mol. The van der Waals surface area contributed by atoms with E-state index in [4.69, 9.17) is 5.73 Å². The molecule has 74 valence electrons. The number of hydrogen-bond acceptors (Lipinski definition) is 2. The highest BCUT2D eigenvalue weighted by atomic mass is 15.2. The van der Waals surface area contributed by atoms with Crippen LogP contribution in [0.2, 0.25) is 0 Å². The van der Waals surface area contributed by atoms with Crippen LogP contribution < -0.4 is 5.73 Å². The number of nitrogens with two attached hydrogens (primary N) is 1. The lowest BCUT2D eigenvalue weighted by atomic mass is 10.2. The van der Waals surface area contributed by atoms with Gasteiger partial charge in [0.05, 0.1) is 11.8 Å². The summed E-state index contributed by atoms with van der Waals surface area (Å²) in [6.07, 6.45) is 3.61. The van der Waals surface area contributed by atoms with Gasteiger partial charge in [-0.2, -0.15) is 5.10 Å². The molecule has 1 aromatic heterocycles. The SMILES string of the molecule is Cn1cc(C#Cc2cccc(N)c2)cn1. The van der Waals surface area contributed by atoms with E-state index in [0.717, 1.165) is 16.8 Å². The van der Waals surface area contributed by atoms with Gasteiger partial charge < -0.3 is 5.73 Å². The highest BCUT2D eigenvalue weighted by Gasteiger charge is 1.90. The van der Waals surface area contributed by atoms with Crippen molar-refractivity contribution in [2.24, 2.45) is 7.05 Å². The van der Waals surface area contributed by atoms with E-state index in [-0.39, 0.29) is 0 Å². The number of nitrogens with zero attached hydrogens (tertiary/aromatic N) is 2. The molecule has 0 bridgehead atoms. The maximum atomic E-state index is 5.65. The Morgan fingerprint density at radius 3 is 2.73 bits per heavy atom. The van der Waals surface area contributed by atoms with Crippen molar-refractivity contribution in [3.8, 4) is 11.8 Å². The van der Waals surface area contributed by atoms with E-state index in [9.17, 15) is 0 Å². The summed E-state index contributed by atoms with van der Waals surface area (Å²) in [6, 6.07) is 7.51. The largest absolute Gasteiger partial charge is 0.399 e. The average Bonchev–Trinajstić information content (AvgIpc) is 2.62. The Labute approximate surface area is 88.5 Å². The van der Waals surface area contributed by atoms with E-state index in [1.54, 1.807) is 10.9 Å². The van der Waals surface area contributed by atoms with E-state index in [0.29, 0.717) is 0 Å². The molecule has 0 aliphatic heterocycles. The predicted octanol–water partition coefficient (Wildman–Crippen LogP) is 1.40. The van der Waals surface area contributed by atoms with Crippen LogP contribution >= 0.6 is 0 Å². The number of nitrogen functional groups attached to an aromatic ring is 1. The molecule has 2 N–H and O–H groups in total. The Bertz CT molecular complexity index is 529. The second kappa shape index (κ2) is 3.89. The van der Waals surface area contributed by atoms with Crippen LogP contribution in [0.15, 0.2) is 36.7 Å². The number of hydrogen-bond donors (Lipinski definition) is 1. The van der Waals surface area contributed by atoms with Gasteiger partial charge in [-0.1, -0.05) is 17.9 Å². The number of benzene rings is 1. The highest BCUT2D eigenvalue weighted by Crippen LogP contribution is 2.05. The lowest BCUT2D eigenvalue weighted by Crippen LogP contribution is -1.84. The smallest absolute Gasteiger partial charge is 0.0646 e. The molecule has 15 heavy (non-hydrogen) atoms. The minimum atomic E-state index is 0.730. The van der Waals surface area contributed by atoms with E-state index in [2.05, 4.69) is 16.9 Å². The lowest BCUT2D eigenvalue weighted by molar-refractivity contribution is 0.767. The van der Waals surface area contributed by atoms with Crippen LogP contribution in [0.5, 0.6) is 0 Å². The third-order valence-electron chi connectivity index (χ3n) is 1.94. The first-order chi connectivity index (χ1) is 7.24. The van der Waals surface area contributed by atoms with Gasteiger partial charge in [0.2, 0.25) is 0 Å². The zero-order chi connectivity index (χ0) is 10.7. The lowest BCUT2D eigenvalue weighted by Gasteiger charge is -1.91. The Kier molecular flexibility index (Phi) is 2.42. The molecule has 3 nitrogen and oxygen atoms in total. The molecule has 1 aromatic carbocycles. The van der Waals surface area contributed by atoms with Gasteiger partial charge in [0.25, 0.3) is 0 Å². The third-order valence-corrected chi connectivity index (χ3v) is 1.94. The van der Waals surface area contributed by atoms with Crippen molar-refractivity contribution in [2.75, 3.05) is 5.73 Å². The fourth-order valence-electron chi connectivity index (χ4n) is 1.25. The molecule has 0 atom stereocenters. The molecule has 0 aliphatic rings. The molecule has 0 unspecified atom stereocenters. The Morgan fingerprint density at radius 1 is 1.27 bits per heavy atom. The second-order valence-electron chi connectivity index (χ2n) is 3.28. The first kappa shape index (κ1) is 9.35. The summed E-state index contributed by atoms with van der Waals surface area (Å²) in [5.41, 5.74) is 8.20. The van der Waals surface area contributed by atoms with Gasteiger partial charge in [0.1, 0.15) is 0 Å². The molecule has 1 heterocycles. The van der Waals surface area contributed by atoms with Crippen molar-refractivity contribution in [3.63, 3.8) is 0 Å². The predicted molar refractivity (Wildman–Crippen MR) is 60.0 cm³/mol. The van der Waals surface area contributed by atoms with Crippen LogP contribution in [0.25, 0.3) is 0 Å². The van der Waals surface area contributed by atoms with Gasteiger partial charge in [0, 0.05) is 24.5 Å². The number of aryl methyl sites for hydroxylation is 1. The Morgan fingerprint density at radius 2 is 2.07 bits per heavy atom.